The van der Waals surface area contributed by atoms with E-state index in [1.54, 1.807) is 11.8 Å². The fourth-order valence-corrected chi connectivity index (χ4v) is 2.78. The van der Waals surface area contributed by atoms with E-state index in [2.05, 4.69) is 47.8 Å². The van der Waals surface area contributed by atoms with Gasteiger partial charge in [0.15, 0.2) is 0 Å². The minimum atomic E-state index is 0.529. The first-order valence-electron chi connectivity index (χ1n) is 6.19. The highest BCUT2D eigenvalue weighted by atomic mass is 32.2. The Hall–Kier alpha value is -0.670. The van der Waals surface area contributed by atoms with Gasteiger partial charge in [0.2, 0.25) is 0 Å². The number of nitrogens with one attached hydrogen (secondary N) is 1. The molecule has 17 heavy (non-hydrogen) atoms. The Labute approximate surface area is 109 Å². The summed E-state index contributed by atoms with van der Waals surface area (Å²) in [7, 11) is 4.25. The van der Waals surface area contributed by atoms with E-state index in [0.29, 0.717) is 5.41 Å². The molecule has 1 aromatic carbocycles. The fourth-order valence-electron chi connectivity index (χ4n) is 2.37. The van der Waals surface area contributed by atoms with Crippen LogP contribution in [0.3, 0.4) is 0 Å². The largest absolute Gasteiger partial charge is 0.374 e. The molecule has 1 fully saturated rings. The third-order valence-electron chi connectivity index (χ3n) is 3.59. The molecule has 0 atom stereocenters. The first-order valence-corrected chi connectivity index (χ1v) is 7.41. The van der Waals surface area contributed by atoms with E-state index in [1.807, 2.05) is 7.05 Å². The SMILES string of the molecule is CNCC1(CN(C)c2ccc(SC)cc2)CC1. The van der Waals surface area contributed by atoms with Crippen molar-refractivity contribution < 1.29 is 0 Å². The van der Waals surface area contributed by atoms with E-state index >= 15 is 0 Å². The van der Waals surface area contributed by atoms with Gasteiger partial charge in [0.05, 0.1) is 0 Å². The zero-order valence-electron chi connectivity index (χ0n) is 11.0. The fraction of sp³-hybridized carbons (Fsp3) is 0.571. The molecule has 0 aliphatic heterocycles. The number of rotatable bonds is 6. The zero-order chi connectivity index (χ0) is 12.3. The number of hydrogen-bond acceptors (Lipinski definition) is 3. The van der Waals surface area contributed by atoms with Crippen molar-refractivity contribution in [1.29, 1.82) is 0 Å². The predicted octanol–water partition coefficient (Wildman–Crippen LogP) is 2.84. The third-order valence-corrected chi connectivity index (χ3v) is 4.34. The zero-order valence-corrected chi connectivity index (χ0v) is 11.8. The summed E-state index contributed by atoms with van der Waals surface area (Å²) in [6.45, 7) is 2.30. The maximum absolute atomic E-state index is 3.32. The van der Waals surface area contributed by atoms with Crippen LogP contribution in [0, 0.1) is 5.41 Å². The molecule has 0 heterocycles. The summed E-state index contributed by atoms with van der Waals surface area (Å²) >= 11 is 1.79. The van der Waals surface area contributed by atoms with Gasteiger partial charge in [-0.15, -0.1) is 11.8 Å². The van der Waals surface area contributed by atoms with Gasteiger partial charge >= 0.3 is 0 Å². The second-order valence-corrected chi connectivity index (χ2v) is 5.96. The average molecular weight is 250 g/mol. The van der Waals surface area contributed by atoms with Crippen molar-refractivity contribution in [2.75, 3.05) is 38.3 Å². The summed E-state index contributed by atoms with van der Waals surface area (Å²) in [6, 6.07) is 8.85. The van der Waals surface area contributed by atoms with Gasteiger partial charge in [-0.25, -0.2) is 0 Å². The predicted molar refractivity (Wildman–Crippen MR) is 77.1 cm³/mol. The van der Waals surface area contributed by atoms with Crippen molar-refractivity contribution in [2.45, 2.75) is 17.7 Å². The van der Waals surface area contributed by atoms with Gasteiger partial charge in [-0.1, -0.05) is 0 Å². The van der Waals surface area contributed by atoms with E-state index in [4.69, 9.17) is 0 Å². The first kappa shape index (κ1) is 12.8. The lowest BCUT2D eigenvalue weighted by Crippen LogP contribution is -2.32. The van der Waals surface area contributed by atoms with E-state index in [9.17, 15) is 0 Å². The van der Waals surface area contributed by atoms with Gasteiger partial charge in [-0.05, 0) is 50.4 Å². The van der Waals surface area contributed by atoms with Gasteiger partial charge in [0.25, 0.3) is 0 Å². The van der Waals surface area contributed by atoms with Crippen LogP contribution in [-0.4, -0.2) is 33.4 Å². The normalized spacial score (nSPS) is 16.9. The van der Waals surface area contributed by atoms with E-state index < -0.39 is 0 Å². The minimum Gasteiger partial charge on any atom is -0.374 e. The molecule has 2 nitrogen and oxygen atoms in total. The first-order chi connectivity index (χ1) is 8.19. The molecule has 94 valence electrons. The van der Waals surface area contributed by atoms with Crippen LogP contribution >= 0.6 is 11.8 Å². The second kappa shape index (κ2) is 5.32. The molecule has 1 saturated carbocycles. The standard InChI is InChI=1S/C14H22N2S/c1-15-10-14(8-9-14)11-16(2)12-4-6-13(17-3)7-5-12/h4-7,15H,8-11H2,1-3H3. The molecular weight excluding hydrogens is 228 g/mol. The number of anilines is 1. The molecule has 0 amide bonds. The molecule has 0 bridgehead atoms. The van der Waals surface area contributed by atoms with Gasteiger partial charge in [0.1, 0.15) is 0 Å². The van der Waals surface area contributed by atoms with Crippen molar-refractivity contribution in [3.05, 3.63) is 24.3 Å². The van der Waals surface area contributed by atoms with Gasteiger partial charge in [-0.2, -0.15) is 0 Å². The van der Waals surface area contributed by atoms with E-state index in [1.165, 1.54) is 23.4 Å². The van der Waals surface area contributed by atoms with Crippen LogP contribution in [0.15, 0.2) is 29.2 Å². The van der Waals surface area contributed by atoms with Crippen LogP contribution in [0.25, 0.3) is 0 Å². The quantitative estimate of drug-likeness (QED) is 0.782. The number of benzene rings is 1. The van der Waals surface area contributed by atoms with Gasteiger partial charge in [-0.3, -0.25) is 0 Å². The highest BCUT2D eigenvalue weighted by Gasteiger charge is 2.42. The topological polar surface area (TPSA) is 15.3 Å². The number of thioether (sulfide) groups is 1. The van der Waals surface area contributed by atoms with Gasteiger partial charge < -0.3 is 10.2 Å². The lowest BCUT2D eigenvalue weighted by atomic mass is 10.1. The maximum atomic E-state index is 3.32. The summed E-state index contributed by atoms with van der Waals surface area (Å²) in [5.74, 6) is 0. The molecule has 1 aromatic rings. The molecule has 0 saturated heterocycles. The Morgan fingerprint density at radius 3 is 2.41 bits per heavy atom. The van der Waals surface area contributed by atoms with Crippen LogP contribution in [0.1, 0.15) is 12.8 Å². The molecule has 0 unspecified atom stereocenters. The van der Waals surface area contributed by atoms with Crippen LogP contribution in [0.2, 0.25) is 0 Å². The molecule has 3 heteroatoms. The smallest absolute Gasteiger partial charge is 0.0364 e. The highest BCUT2D eigenvalue weighted by Crippen LogP contribution is 2.45. The van der Waals surface area contributed by atoms with Crippen molar-refractivity contribution in [3.63, 3.8) is 0 Å². The van der Waals surface area contributed by atoms with Gasteiger partial charge in [0, 0.05) is 36.1 Å². The van der Waals surface area contributed by atoms with Crippen LogP contribution in [0.5, 0.6) is 0 Å². The van der Waals surface area contributed by atoms with E-state index in [-0.39, 0.29) is 0 Å². The Morgan fingerprint density at radius 1 is 1.29 bits per heavy atom. The Morgan fingerprint density at radius 2 is 1.94 bits per heavy atom. The van der Waals surface area contributed by atoms with Crippen LogP contribution in [-0.2, 0) is 0 Å². The Balaban J connectivity index is 1.97. The summed E-state index contributed by atoms with van der Waals surface area (Å²) in [5.41, 5.74) is 1.85. The summed E-state index contributed by atoms with van der Waals surface area (Å²) in [6.07, 6.45) is 4.84. The molecule has 1 aliphatic rings. The van der Waals surface area contributed by atoms with Crippen molar-refractivity contribution in [3.8, 4) is 0 Å². The number of nitrogens with zero attached hydrogens (tertiary/aromatic N) is 1. The van der Waals surface area contributed by atoms with Crippen molar-refractivity contribution in [2.24, 2.45) is 5.41 Å². The van der Waals surface area contributed by atoms with Crippen molar-refractivity contribution in [1.82, 2.24) is 5.32 Å². The maximum Gasteiger partial charge on any atom is 0.0364 e. The molecule has 0 radical (unpaired) electrons. The molecule has 0 aromatic heterocycles. The average Bonchev–Trinajstić information content (AvgIpc) is 3.09. The van der Waals surface area contributed by atoms with Crippen LogP contribution in [0.4, 0.5) is 5.69 Å². The molecule has 2 rings (SSSR count). The van der Waals surface area contributed by atoms with Crippen LogP contribution < -0.4 is 10.2 Å². The van der Waals surface area contributed by atoms with Crippen molar-refractivity contribution >= 4 is 17.4 Å². The molecular formula is C14H22N2S. The second-order valence-electron chi connectivity index (χ2n) is 5.08. The molecule has 0 spiro atoms. The molecule has 1 aliphatic carbocycles. The number of hydrogen-bond donors (Lipinski definition) is 1. The van der Waals surface area contributed by atoms with E-state index in [0.717, 1.165) is 13.1 Å². The summed E-state index contributed by atoms with van der Waals surface area (Å²) in [5, 5.41) is 3.32. The Kier molecular flexibility index (Phi) is 4.00. The molecule has 1 N–H and O–H groups in total. The summed E-state index contributed by atoms with van der Waals surface area (Å²) in [4.78, 5) is 3.72. The highest BCUT2D eigenvalue weighted by molar-refractivity contribution is 7.98. The monoisotopic (exact) mass is 250 g/mol. The third kappa shape index (κ3) is 3.17. The lowest BCUT2D eigenvalue weighted by Gasteiger charge is -2.25. The lowest BCUT2D eigenvalue weighted by molar-refractivity contribution is 0.482. The summed E-state index contributed by atoms with van der Waals surface area (Å²) < 4.78 is 0. The minimum absolute atomic E-state index is 0.529. The Bertz CT molecular complexity index is 357.